The van der Waals surface area contributed by atoms with E-state index >= 15 is 0 Å². The molecule has 0 amide bonds. The van der Waals surface area contributed by atoms with Crippen molar-refractivity contribution in [3.05, 3.63) is 35.4 Å². The molecule has 0 unspecified atom stereocenters. The molecule has 2 N–H and O–H groups in total. The Morgan fingerprint density at radius 2 is 2.00 bits per heavy atom. The molecule has 0 spiro atoms. The van der Waals surface area contributed by atoms with Crippen molar-refractivity contribution in [3.8, 4) is 6.07 Å². The summed E-state index contributed by atoms with van der Waals surface area (Å²) in [5, 5.41) is 9.75. The number of rotatable bonds is 7. The lowest BCUT2D eigenvalue weighted by atomic mass is 10.0. The molecular formula is C18H23N3. The Labute approximate surface area is 126 Å². The van der Waals surface area contributed by atoms with Gasteiger partial charge in [-0.1, -0.05) is 31.9 Å². The standard InChI is InChI=1S/C18H23N3/c1-2-3-4-8-16-13-15-10-9-14(7-5-6-11-19)12-17(15)21-18(16)20/h9-10,12-13H,2-8H2,1H3,(H2,20,21). The van der Waals surface area contributed by atoms with Gasteiger partial charge in [0.05, 0.1) is 11.6 Å². The van der Waals surface area contributed by atoms with E-state index in [4.69, 9.17) is 11.0 Å². The molecule has 0 bridgehead atoms. The predicted molar refractivity (Wildman–Crippen MR) is 87.9 cm³/mol. The van der Waals surface area contributed by atoms with Gasteiger partial charge in [-0.05, 0) is 48.9 Å². The number of unbranched alkanes of at least 4 members (excludes halogenated alkanes) is 3. The molecule has 0 radical (unpaired) electrons. The zero-order chi connectivity index (χ0) is 15.1. The van der Waals surface area contributed by atoms with Crippen LogP contribution >= 0.6 is 0 Å². The fourth-order valence-electron chi connectivity index (χ4n) is 2.56. The highest BCUT2D eigenvalue weighted by atomic mass is 14.8. The zero-order valence-corrected chi connectivity index (χ0v) is 12.7. The molecule has 3 heteroatoms. The third-order valence-electron chi connectivity index (χ3n) is 3.80. The molecule has 3 nitrogen and oxygen atoms in total. The van der Waals surface area contributed by atoms with Gasteiger partial charge in [-0.3, -0.25) is 0 Å². The van der Waals surface area contributed by atoms with Crippen LogP contribution < -0.4 is 5.73 Å². The molecule has 1 heterocycles. The highest BCUT2D eigenvalue weighted by molar-refractivity contribution is 5.82. The van der Waals surface area contributed by atoms with Crippen molar-refractivity contribution in [2.24, 2.45) is 0 Å². The number of anilines is 1. The number of hydrogen-bond donors (Lipinski definition) is 1. The normalized spacial score (nSPS) is 10.7. The van der Waals surface area contributed by atoms with Gasteiger partial charge in [0, 0.05) is 11.8 Å². The monoisotopic (exact) mass is 281 g/mol. The van der Waals surface area contributed by atoms with E-state index in [1.165, 1.54) is 24.8 Å². The summed E-state index contributed by atoms with van der Waals surface area (Å²) in [6, 6.07) is 10.7. The van der Waals surface area contributed by atoms with Gasteiger partial charge in [-0.25, -0.2) is 4.98 Å². The van der Waals surface area contributed by atoms with E-state index in [1.807, 2.05) is 0 Å². The van der Waals surface area contributed by atoms with Crippen LogP contribution in [0.4, 0.5) is 5.82 Å². The topological polar surface area (TPSA) is 62.7 Å². The molecule has 0 aliphatic rings. The Balaban J connectivity index is 2.17. The van der Waals surface area contributed by atoms with Crippen molar-refractivity contribution < 1.29 is 0 Å². The number of fused-ring (bicyclic) bond motifs is 1. The number of nitrogens with two attached hydrogens (primary N) is 1. The molecule has 0 fully saturated rings. The number of benzene rings is 1. The molecule has 2 rings (SSSR count). The summed E-state index contributed by atoms with van der Waals surface area (Å²) in [5.74, 6) is 0.660. The Bertz CT molecular complexity index is 641. The maximum Gasteiger partial charge on any atom is 0.127 e. The fraction of sp³-hybridized carbons (Fsp3) is 0.444. The summed E-state index contributed by atoms with van der Waals surface area (Å²) in [6.07, 6.45) is 7.04. The summed E-state index contributed by atoms with van der Waals surface area (Å²) in [5.41, 5.74) is 9.43. The number of aryl methyl sites for hydroxylation is 2. The smallest absolute Gasteiger partial charge is 0.127 e. The average molecular weight is 281 g/mol. The summed E-state index contributed by atoms with van der Waals surface area (Å²) in [6.45, 7) is 2.20. The Morgan fingerprint density at radius 1 is 1.14 bits per heavy atom. The van der Waals surface area contributed by atoms with Crippen LogP contribution in [0.25, 0.3) is 10.9 Å². The number of aromatic nitrogens is 1. The lowest BCUT2D eigenvalue weighted by Crippen LogP contribution is -1.99. The largest absolute Gasteiger partial charge is 0.383 e. The number of nitrogens with zero attached hydrogens (tertiary/aromatic N) is 2. The SMILES string of the molecule is CCCCCc1cc2ccc(CCCC#N)cc2nc1N. The van der Waals surface area contributed by atoms with E-state index in [0.717, 1.165) is 35.7 Å². The second-order valence-electron chi connectivity index (χ2n) is 5.53. The molecule has 1 aromatic heterocycles. The first-order valence-corrected chi connectivity index (χ1v) is 7.79. The van der Waals surface area contributed by atoms with Gasteiger partial charge in [0.2, 0.25) is 0 Å². The van der Waals surface area contributed by atoms with Gasteiger partial charge in [-0.15, -0.1) is 0 Å². The molecule has 0 saturated heterocycles. The highest BCUT2D eigenvalue weighted by Crippen LogP contribution is 2.22. The van der Waals surface area contributed by atoms with Crippen LogP contribution in [0.15, 0.2) is 24.3 Å². The molecule has 0 aliphatic carbocycles. The predicted octanol–water partition coefficient (Wildman–Crippen LogP) is 4.40. The maximum atomic E-state index is 8.59. The van der Waals surface area contributed by atoms with Gasteiger partial charge >= 0.3 is 0 Å². The van der Waals surface area contributed by atoms with E-state index in [1.54, 1.807) is 0 Å². The Kier molecular flexibility index (Phi) is 5.57. The van der Waals surface area contributed by atoms with E-state index < -0.39 is 0 Å². The Morgan fingerprint density at radius 3 is 2.76 bits per heavy atom. The van der Waals surface area contributed by atoms with Gasteiger partial charge in [0.15, 0.2) is 0 Å². The molecule has 0 saturated carbocycles. The van der Waals surface area contributed by atoms with Crippen LogP contribution in [-0.4, -0.2) is 4.98 Å². The van der Waals surface area contributed by atoms with Gasteiger partial charge in [0.25, 0.3) is 0 Å². The number of nitrogen functional groups attached to an aromatic ring is 1. The zero-order valence-electron chi connectivity index (χ0n) is 12.7. The van der Waals surface area contributed by atoms with E-state index in [2.05, 4.69) is 42.2 Å². The molecular weight excluding hydrogens is 258 g/mol. The highest BCUT2D eigenvalue weighted by Gasteiger charge is 2.05. The van der Waals surface area contributed by atoms with Crippen molar-refractivity contribution in [1.82, 2.24) is 4.98 Å². The second kappa shape index (κ2) is 7.64. The van der Waals surface area contributed by atoms with Crippen LogP contribution in [-0.2, 0) is 12.8 Å². The van der Waals surface area contributed by atoms with Crippen molar-refractivity contribution in [1.29, 1.82) is 5.26 Å². The van der Waals surface area contributed by atoms with E-state index in [0.29, 0.717) is 12.2 Å². The first-order valence-electron chi connectivity index (χ1n) is 7.79. The average Bonchev–Trinajstić information content (AvgIpc) is 2.48. The van der Waals surface area contributed by atoms with Gasteiger partial charge in [-0.2, -0.15) is 5.26 Å². The number of nitriles is 1. The second-order valence-corrected chi connectivity index (χ2v) is 5.53. The van der Waals surface area contributed by atoms with Gasteiger partial charge < -0.3 is 5.73 Å². The van der Waals surface area contributed by atoms with E-state index in [9.17, 15) is 0 Å². The van der Waals surface area contributed by atoms with Crippen molar-refractivity contribution in [2.45, 2.75) is 51.9 Å². The first-order chi connectivity index (χ1) is 10.2. The molecule has 0 aliphatic heterocycles. The van der Waals surface area contributed by atoms with Crippen molar-refractivity contribution in [3.63, 3.8) is 0 Å². The minimum absolute atomic E-state index is 0.601. The summed E-state index contributed by atoms with van der Waals surface area (Å²) < 4.78 is 0. The minimum atomic E-state index is 0.601. The maximum absolute atomic E-state index is 8.59. The first kappa shape index (κ1) is 15.3. The van der Waals surface area contributed by atoms with E-state index in [-0.39, 0.29) is 0 Å². The third-order valence-corrected chi connectivity index (χ3v) is 3.80. The van der Waals surface area contributed by atoms with Crippen LogP contribution in [0.2, 0.25) is 0 Å². The molecule has 1 aromatic carbocycles. The summed E-state index contributed by atoms with van der Waals surface area (Å²) in [4.78, 5) is 4.56. The fourth-order valence-corrected chi connectivity index (χ4v) is 2.56. The lowest BCUT2D eigenvalue weighted by Gasteiger charge is -2.08. The van der Waals surface area contributed by atoms with Crippen LogP contribution in [0.1, 0.15) is 50.2 Å². The number of hydrogen-bond acceptors (Lipinski definition) is 3. The van der Waals surface area contributed by atoms with Crippen molar-refractivity contribution >= 4 is 16.7 Å². The Hall–Kier alpha value is -2.08. The van der Waals surface area contributed by atoms with Crippen LogP contribution in [0, 0.1) is 11.3 Å². The molecule has 110 valence electrons. The van der Waals surface area contributed by atoms with Gasteiger partial charge in [0.1, 0.15) is 5.82 Å². The van der Waals surface area contributed by atoms with Crippen molar-refractivity contribution in [2.75, 3.05) is 5.73 Å². The molecule has 21 heavy (non-hydrogen) atoms. The van der Waals surface area contributed by atoms with Crippen LogP contribution in [0.5, 0.6) is 0 Å². The molecule has 0 atom stereocenters. The number of pyridine rings is 1. The summed E-state index contributed by atoms with van der Waals surface area (Å²) in [7, 11) is 0. The summed E-state index contributed by atoms with van der Waals surface area (Å²) >= 11 is 0. The van der Waals surface area contributed by atoms with Crippen LogP contribution in [0.3, 0.4) is 0 Å². The lowest BCUT2D eigenvalue weighted by molar-refractivity contribution is 0.718. The minimum Gasteiger partial charge on any atom is -0.383 e. The molecule has 2 aromatic rings. The quantitative estimate of drug-likeness (QED) is 0.765. The third kappa shape index (κ3) is 4.19.